The molecule has 0 radical (unpaired) electrons. The van der Waals surface area contributed by atoms with E-state index in [0.717, 1.165) is 17.9 Å². The van der Waals surface area contributed by atoms with Crippen LogP contribution < -0.4 is 5.32 Å². The first-order valence-corrected chi connectivity index (χ1v) is 9.22. The average molecular weight is 280 g/mol. The third kappa shape index (κ3) is 4.46. The molecule has 2 fully saturated rings. The van der Waals surface area contributed by atoms with Crippen LogP contribution in [0.15, 0.2) is 0 Å². The third-order valence-electron chi connectivity index (χ3n) is 5.90. The van der Waals surface area contributed by atoms with Gasteiger partial charge in [0.2, 0.25) is 0 Å². The summed E-state index contributed by atoms with van der Waals surface area (Å²) in [5.41, 5.74) is 0. The summed E-state index contributed by atoms with van der Waals surface area (Å²) < 4.78 is 0. The van der Waals surface area contributed by atoms with E-state index in [2.05, 4.69) is 31.0 Å². The van der Waals surface area contributed by atoms with Crippen molar-refractivity contribution in [2.24, 2.45) is 11.8 Å². The molecule has 2 heteroatoms. The molecule has 118 valence electrons. The second-order valence-electron chi connectivity index (χ2n) is 7.25. The molecule has 1 heterocycles. The molecule has 1 saturated carbocycles. The number of hydrogen-bond acceptors (Lipinski definition) is 2. The summed E-state index contributed by atoms with van der Waals surface area (Å²) in [6.07, 6.45) is 11.5. The molecule has 3 unspecified atom stereocenters. The fourth-order valence-electron chi connectivity index (χ4n) is 4.11. The Balaban J connectivity index is 1.75. The molecule has 0 amide bonds. The maximum Gasteiger partial charge on any atom is 0.0221 e. The Morgan fingerprint density at radius 3 is 2.60 bits per heavy atom. The van der Waals surface area contributed by atoms with Gasteiger partial charge in [0.1, 0.15) is 0 Å². The molecule has 1 saturated heterocycles. The largest absolute Gasteiger partial charge is 0.311 e. The predicted molar refractivity (Wildman–Crippen MR) is 88.1 cm³/mol. The lowest BCUT2D eigenvalue weighted by Gasteiger charge is -2.42. The van der Waals surface area contributed by atoms with Crippen LogP contribution in [0.1, 0.15) is 72.1 Å². The van der Waals surface area contributed by atoms with E-state index in [4.69, 9.17) is 0 Å². The summed E-state index contributed by atoms with van der Waals surface area (Å²) in [6.45, 7) is 10.9. The van der Waals surface area contributed by atoms with Gasteiger partial charge in [0, 0.05) is 25.2 Å². The van der Waals surface area contributed by atoms with Crippen molar-refractivity contribution in [2.45, 2.75) is 84.2 Å². The van der Waals surface area contributed by atoms with Crippen molar-refractivity contribution in [2.75, 3.05) is 19.6 Å². The molecule has 3 atom stereocenters. The fraction of sp³-hybridized carbons (Fsp3) is 1.00. The lowest BCUT2D eigenvalue weighted by atomic mass is 9.94. The zero-order valence-electron chi connectivity index (χ0n) is 14.0. The Morgan fingerprint density at radius 1 is 1.20 bits per heavy atom. The fourth-order valence-corrected chi connectivity index (χ4v) is 4.11. The van der Waals surface area contributed by atoms with E-state index in [1.807, 2.05) is 0 Å². The van der Waals surface area contributed by atoms with Crippen LogP contribution in [0.3, 0.4) is 0 Å². The van der Waals surface area contributed by atoms with E-state index < -0.39 is 0 Å². The third-order valence-corrected chi connectivity index (χ3v) is 5.90. The first-order valence-electron chi connectivity index (χ1n) is 9.22. The molecule has 0 aromatic carbocycles. The number of nitrogens with one attached hydrogen (secondary N) is 1. The van der Waals surface area contributed by atoms with E-state index in [-0.39, 0.29) is 0 Å². The summed E-state index contributed by atoms with van der Waals surface area (Å²) in [6, 6.07) is 1.49. The summed E-state index contributed by atoms with van der Waals surface area (Å²) in [5.74, 6) is 1.87. The van der Waals surface area contributed by atoms with Gasteiger partial charge < -0.3 is 5.32 Å². The molecule has 0 spiro atoms. The zero-order valence-corrected chi connectivity index (χ0v) is 14.0. The van der Waals surface area contributed by atoms with Gasteiger partial charge in [-0.25, -0.2) is 0 Å². The van der Waals surface area contributed by atoms with Crippen LogP contribution in [0.2, 0.25) is 0 Å². The van der Waals surface area contributed by atoms with E-state index in [0.29, 0.717) is 6.04 Å². The smallest absolute Gasteiger partial charge is 0.0221 e. The van der Waals surface area contributed by atoms with Crippen LogP contribution in [-0.4, -0.2) is 36.6 Å². The second-order valence-corrected chi connectivity index (χ2v) is 7.25. The summed E-state index contributed by atoms with van der Waals surface area (Å²) in [5, 5.41) is 3.79. The highest BCUT2D eigenvalue weighted by atomic mass is 15.2. The van der Waals surface area contributed by atoms with Crippen molar-refractivity contribution < 1.29 is 0 Å². The van der Waals surface area contributed by atoms with Gasteiger partial charge in [-0.2, -0.15) is 0 Å². The van der Waals surface area contributed by atoms with Crippen LogP contribution in [-0.2, 0) is 0 Å². The molecule has 2 rings (SSSR count). The topological polar surface area (TPSA) is 15.3 Å². The maximum absolute atomic E-state index is 3.79. The summed E-state index contributed by atoms with van der Waals surface area (Å²) in [7, 11) is 0. The van der Waals surface area contributed by atoms with Crippen molar-refractivity contribution in [1.82, 2.24) is 10.2 Å². The van der Waals surface area contributed by atoms with Gasteiger partial charge in [-0.1, -0.05) is 52.9 Å². The van der Waals surface area contributed by atoms with Crippen LogP contribution in [0.4, 0.5) is 0 Å². The lowest BCUT2D eigenvalue weighted by molar-refractivity contribution is 0.103. The molecule has 1 aliphatic heterocycles. The van der Waals surface area contributed by atoms with E-state index in [1.54, 1.807) is 0 Å². The normalized spacial score (nSPS) is 30.8. The van der Waals surface area contributed by atoms with Crippen LogP contribution in [0.5, 0.6) is 0 Å². The Hall–Kier alpha value is -0.0800. The Labute approximate surface area is 126 Å². The van der Waals surface area contributed by atoms with E-state index in [9.17, 15) is 0 Å². The van der Waals surface area contributed by atoms with E-state index >= 15 is 0 Å². The van der Waals surface area contributed by atoms with Gasteiger partial charge in [0.25, 0.3) is 0 Å². The number of rotatable bonds is 7. The molecule has 2 aliphatic rings. The highest BCUT2D eigenvalue weighted by Gasteiger charge is 2.28. The quantitative estimate of drug-likeness (QED) is 0.756. The van der Waals surface area contributed by atoms with E-state index in [1.165, 1.54) is 71.0 Å². The maximum atomic E-state index is 3.79. The van der Waals surface area contributed by atoms with Gasteiger partial charge >= 0.3 is 0 Å². The minimum Gasteiger partial charge on any atom is -0.311 e. The first kappa shape index (κ1) is 16.3. The first-order chi connectivity index (χ1) is 9.74. The monoisotopic (exact) mass is 280 g/mol. The molecule has 1 N–H and O–H groups in total. The molecule has 0 aromatic heterocycles. The molecule has 0 bridgehead atoms. The number of nitrogens with zero attached hydrogens (tertiary/aromatic N) is 1. The standard InChI is InChI=1S/C18H36N2/c1-4-15(3)18-14-20(17(5-2)13-19-18)12-8-11-16-9-6-7-10-16/h15-19H,4-14H2,1-3H3. The van der Waals surface area contributed by atoms with Gasteiger partial charge in [0.15, 0.2) is 0 Å². The molecule has 2 nitrogen and oxygen atoms in total. The van der Waals surface area contributed by atoms with Crippen LogP contribution in [0.25, 0.3) is 0 Å². The minimum atomic E-state index is 0.717. The van der Waals surface area contributed by atoms with Crippen molar-refractivity contribution in [3.63, 3.8) is 0 Å². The molecule has 1 aliphatic carbocycles. The van der Waals surface area contributed by atoms with Gasteiger partial charge in [-0.15, -0.1) is 0 Å². The van der Waals surface area contributed by atoms with Crippen LogP contribution >= 0.6 is 0 Å². The molecule has 0 aromatic rings. The van der Waals surface area contributed by atoms with Crippen molar-refractivity contribution >= 4 is 0 Å². The molecular formula is C18H36N2. The van der Waals surface area contributed by atoms with Crippen molar-refractivity contribution in [1.29, 1.82) is 0 Å². The molecular weight excluding hydrogens is 244 g/mol. The zero-order chi connectivity index (χ0) is 14.4. The minimum absolute atomic E-state index is 0.717. The Morgan fingerprint density at radius 2 is 1.95 bits per heavy atom. The second kappa shape index (κ2) is 8.38. The highest BCUT2D eigenvalue weighted by Crippen LogP contribution is 2.29. The van der Waals surface area contributed by atoms with Crippen molar-refractivity contribution in [3.8, 4) is 0 Å². The lowest BCUT2D eigenvalue weighted by Crippen LogP contribution is -2.58. The molecule has 20 heavy (non-hydrogen) atoms. The summed E-state index contributed by atoms with van der Waals surface area (Å²) >= 11 is 0. The Kier molecular flexibility index (Phi) is 6.83. The van der Waals surface area contributed by atoms with Crippen molar-refractivity contribution in [3.05, 3.63) is 0 Å². The SMILES string of the molecule is CCC(C)C1CN(CCCC2CCCC2)C(CC)CN1. The number of piperazine rings is 1. The predicted octanol–water partition coefficient (Wildman–Crippen LogP) is 4.06. The number of hydrogen-bond donors (Lipinski definition) is 1. The van der Waals surface area contributed by atoms with Gasteiger partial charge in [0.05, 0.1) is 0 Å². The van der Waals surface area contributed by atoms with Crippen LogP contribution in [0, 0.1) is 11.8 Å². The average Bonchev–Trinajstić information content (AvgIpc) is 2.99. The highest BCUT2D eigenvalue weighted by molar-refractivity contribution is 4.87. The van der Waals surface area contributed by atoms with Gasteiger partial charge in [-0.3, -0.25) is 4.90 Å². The van der Waals surface area contributed by atoms with Gasteiger partial charge in [-0.05, 0) is 37.6 Å². The Bertz CT molecular complexity index is 260. The summed E-state index contributed by atoms with van der Waals surface area (Å²) in [4.78, 5) is 2.79.